The van der Waals surface area contributed by atoms with Gasteiger partial charge in [0.15, 0.2) is 5.13 Å². The maximum Gasteiger partial charge on any atom is 0.180 e. The Morgan fingerprint density at radius 1 is 0.964 bits per heavy atom. The number of Topliss-reactive ketones (excluding diaryl/α,β-unsaturated/α-hetero) is 1. The predicted octanol–water partition coefficient (Wildman–Crippen LogP) is 5.75. The molecule has 0 radical (unpaired) electrons. The van der Waals surface area contributed by atoms with E-state index in [2.05, 4.69) is 68.8 Å². The zero-order valence-electron chi connectivity index (χ0n) is 15.5. The molecule has 144 valence electrons. The highest BCUT2D eigenvalue weighted by Crippen LogP contribution is 2.54. The molecule has 3 aromatic rings. The number of aromatic nitrogens is 1. The van der Waals surface area contributed by atoms with Crippen molar-refractivity contribution in [2.75, 3.05) is 11.1 Å². The van der Waals surface area contributed by atoms with Crippen LogP contribution in [-0.2, 0) is 4.79 Å². The van der Waals surface area contributed by atoms with Crippen molar-refractivity contribution in [1.82, 2.24) is 4.98 Å². The number of nitrogens with two attached hydrogens (primary N) is 1. The Morgan fingerprint density at radius 2 is 1.57 bits per heavy atom. The molecule has 1 heterocycles. The van der Waals surface area contributed by atoms with Crippen molar-refractivity contribution in [2.24, 2.45) is 5.92 Å². The van der Waals surface area contributed by atoms with Crippen molar-refractivity contribution in [1.29, 1.82) is 0 Å². The molecular formula is C23H23BrN2OS. The van der Waals surface area contributed by atoms with Gasteiger partial charge in [-0.3, -0.25) is 4.79 Å². The molecule has 2 N–H and O–H groups in total. The molecule has 0 bridgehead atoms. The molecule has 28 heavy (non-hydrogen) atoms. The van der Waals surface area contributed by atoms with E-state index < -0.39 is 0 Å². The minimum Gasteiger partial charge on any atom is -0.375 e. The molecule has 2 aliphatic rings. The largest absolute Gasteiger partial charge is 0.375 e. The van der Waals surface area contributed by atoms with Gasteiger partial charge in [0.2, 0.25) is 0 Å². The van der Waals surface area contributed by atoms with Crippen LogP contribution < -0.4 is 5.73 Å². The van der Waals surface area contributed by atoms with Gasteiger partial charge in [0.1, 0.15) is 5.78 Å². The summed E-state index contributed by atoms with van der Waals surface area (Å²) in [6, 6.07) is 20.9. The first-order chi connectivity index (χ1) is 13.7. The van der Waals surface area contributed by atoms with Crippen LogP contribution in [0.1, 0.15) is 47.4 Å². The number of rotatable bonds is 5. The third-order valence-electron chi connectivity index (χ3n) is 5.50. The minimum atomic E-state index is 0.279. The molecule has 2 saturated carbocycles. The molecule has 3 nitrogen and oxygen atoms in total. The Kier molecular flexibility index (Phi) is 5.93. The molecular weight excluding hydrogens is 432 g/mol. The van der Waals surface area contributed by atoms with Crippen LogP contribution in [0.4, 0.5) is 5.13 Å². The third kappa shape index (κ3) is 4.53. The Hall–Kier alpha value is -1.98. The van der Waals surface area contributed by atoms with Crippen LogP contribution in [0, 0.1) is 5.92 Å². The van der Waals surface area contributed by atoms with E-state index in [0.29, 0.717) is 34.0 Å². The van der Waals surface area contributed by atoms with Gasteiger partial charge in [0, 0.05) is 17.2 Å². The number of nitrogen functional groups attached to an aromatic ring is 1. The minimum absolute atomic E-state index is 0.279. The van der Waals surface area contributed by atoms with Gasteiger partial charge in [-0.1, -0.05) is 76.6 Å². The average Bonchev–Trinajstić information content (AvgIpc) is 3.66. The highest BCUT2D eigenvalue weighted by molar-refractivity contribution is 9.09. The Balaban J connectivity index is 0.000000139. The van der Waals surface area contributed by atoms with E-state index in [1.807, 2.05) is 18.2 Å². The molecule has 0 spiro atoms. The van der Waals surface area contributed by atoms with Gasteiger partial charge < -0.3 is 5.73 Å². The summed E-state index contributed by atoms with van der Waals surface area (Å²) in [6.07, 6.45) is 2.25. The van der Waals surface area contributed by atoms with E-state index in [4.69, 9.17) is 5.73 Å². The molecule has 0 aliphatic heterocycles. The molecule has 4 atom stereocenters. The summed E-state index contributed by atoms with van der Waals surface area (Å²) in [5.41, 5.74) is 9.54. The summed E-state index contributed by atoms with van der Waals surface area (Å²) in [6.45, 7) is 0. The summed E-state index contributed by atoms with van der Waals surface area (Å²) in [5, 5.41) is 3.27. The molecule has 2 aliphatic carbocycles. The number of alkyl halides is 1. The lowest BCUT2D eigenvalue weighted by Gasteiger charge is -1.97. The molecule has 2 aromatic carbocycles. The molecule has 5 rings (SSSR count). The number of carbonyl (C=O) groups is 1. The number of anilines is 1. The second kappa shape index (κ2) is 8.58. The van der Waals surface area contributed by atoms with E-state index in [1.54, 1.807) is 0 Å². The summed E-state index contributed by atoms with van der Waals surface area (Å²) < 4.78 is 0. The van der Waals surface area contributed by atoms with Gasteiger partial charge >= 0.3 is 0 Å². The van der Waals surface area contributed by atoms with Gasteiger partial charge in [-0.15, -0.1) is 11.3 Å². The first-order valence-electron chi connectivity index (χ1n) is 9.57. The number of carbonyl (C=O) groups excluding carboxylic acids is 1. The maximum absolute atomic E-state index is 11.3. The first kappa shape index (κ1) is 19.3. The Morgan fingerprint density at radius 3 is 2.11 bits per heavy atom. The van der Waals surface area contributed by atoms with Crippen LogP contribution in [0.5, 0.6) is 0 Å². The summed E-state index contributed by atoms with van der Waals surface area (Å²) in [4.78, 5) is 15.7. The molecule has 1 aromatic heterocycles. The van der Waals surface area contributed by atoms with Crippen LogP contribution in [-0.4, -0.2) is 16.1 Å². The van der Waals surface area contributed by atoms with Crippen molar-refractivity contribution >= 4 is 38.2 Å². The fourth-order valence-electron chi connectivity index (χ4n) is 3.78. The standard InChI is InChI=1S/C12H12N2S.C11H11BrO/c13-12-14-11(7-15-12)10-6-9(10)8-4-2-1-3-5-8;12-7-11(13)10-6-9(10)8-4-2-1-3-5-8/h1-5,7,9-10H,6H2,(H2,13,14);1-5,9-10H,6-7H2/t2*9-,10?/m11/s1. The second-order valence-corrected chi connectivity index (χ2v) is 8.88. The number of ketones is 1. The normalized spacial score (nSPS) is 24.8. The summed E-state index contributed by atoms with van der Waals surface area (Å²) in [7, 11) is 0. The fraction of sp³-hybridized carbons (Fsp3) is 0.304. The van der Waals surface area contributed by atoms with Crippen molar-refractivity contribution in [2.45, 2.75) is 30.6 Å². The van der Waals surface area contributed by atoms with E-state index in [1.165, 1.54) is 34.6 Å². The van der Waals surface area contributed by atoms with Crippen molar-refractivity contribution in [3.63, 3.8) is 0 Å². The summed E-state index contributed by atoms with van der Waals surface area (Å²) in [5.74, 6) is 2.37. The molecule has 0 amide bonds. The quantitative estimate of drug-likeness (QED) is 0.499. The van der Waals surface area contributed by atoms with Crippen LogP contribution in [0.25, 0.3) is 0 Å². The topological polar surface area (TPSA) is 56.0 Å². The highest BCUT2D eigenvalue weighted by atomic mass is 79.9. The number of hydrogen-bond acceptors (Lipinski definition) is 4. The Bertz CT molecular complexity index is 928. The third-order valence-corrected chi connectivity index (χ3v) is 6.75. The molecule has 2 fully saturated rings. The van der Waals surface area contributed by atoms with E-state index in [-0.39, 0.29) is 5.92 Å². The van der Waals surface area contributed by atoms with Gasteiger partial charge in [0.25, 0.3) is 0 Å². The number of hydrogen-bond donors (Lipinski definition) is 1. The predicted molar refractivity (Wildman–Crippen MR) is 119 cm³/mol. The monoisotopic (exact) mass is 454 g/mol. The number of halogens is 1. The van der Waals surface area contributed by atoms with E-state index in [9.17, 15) is 4.79 Å². The number of benzene rings is 2. The van der Waals surface area contributed by atoms with Crippen molar-refractivity contribution in [3.8, 4) is 0 Å². The van der Waals surface area contributed by atoms with E-state index in [0.717, 1.165) is 6.42 Å². The van der Waals surface area contributed by atoms with Gasteiger partial charge in [-0.25, -0.2) is 4.98 Å². The lowest BCUT2D eigenvalue weighted by Crippen LogP contribution is -2.02. The number of nitrogens with zero attached hydrogens (tertiary/aromatic N) is 1. The number of thiazole rings is 1. The fourth-order valence-corrected chi connectivity index (χ4v) is 4.82. The highest BCUT2D eigenvalue weighted by Gasteiger charge is 2.42. The second-order valence-electron chi connectivity index (χ2n) is 7.43. The smallest absolute Gasteiger partial charge is 0.180 e. The van der Waals surface area contributed by atoms with Gasteiger partial charge in [-0.2, -0.15) is 0 Å². The molecule has 0 saturated heterocycles. The molecule has 5 heteroatoms. The lowest BCUT2D eigenvalue weighted by molar-refractivity contribution is -0.117. The van der Waals surface area contributed by atoms with Crippen LogP contribution in [0.15, 0.2) is 66.0 Å². The SMILES string of the molecule is Nc1nc(C2C[C@@H]2c2ccccc2)cs1.O=C(CBr)C1C[C@@H]1c1ccccc1. The average molecular weight is 455 g/mol. The molecule has 2 unspecified atom stereocenters. The zero-order valence-corrected chi connectivity index (χ0v) is 17.9. The van der Waals surface area contributed by atoms with Crippen LogP contribution in [0.2, 0.25) is 0 Å². The maximum atomic E-state index is 11.3. The summed E-state index contributed by atoms with van der Waals surface area (Å²) >= 11 is 4.74. The van der Waals surface area contributed by atoms with Crippen LogP contribution in [0.3, 0.4) is 0 Å². The van der Waals surface area contributed by atoms with Crippen molar-refractivity contribution < 1.29 is 4.79 Å². The van der Waals surface area contributed by atoms with Gasteiger partial charge in [-0.05, 0) is 35.8 Å². The van der Waals surface area contributed by atoms with Crippen molar-refractivity contribution in [3.05, 3.63) is 82.9 Å². The lowest BCUT2D eigenvalue weighted by atomic mass is 10.1. The van der Waals surface area contributed by atoms with Crippen LogP contribution >= 0.6 is 27.3 Å². The first-order valence-corrected chi connectivity index (χ1v) is 11.6. The van der Waals surface area contributed by atoms with E-state index >= 15 is 0 Å². The van der Waals surface area contributed by atoms with Gasteiger partial charge in [0.05, 0.1) is 11.0 Å². The Labute approximate surface area is 178 Å². The zero-order chi connectivity index (χ0) is 19.5.